The van der Waals surface area contributed by atoms with Crippen molar-refractivity contribution in [3.8, 4) is 11.1 Å². The first-order valence-corrected chi connectivity index (χ1v) is 10.2. The first-order chi connectivity index (χ1) is 12.3. The molecule has 0 saturated carbocycles. The molecule has 7 heteroatoms. The van der Waals surface area contributed by atoms with E-state index < -0.39 is 15.9 Å². The molecule has 26 heavy (non-hydrogen) atoms. The van der Waals surface area contributed by atoms with Crippen molar-refractivity contribution < 1.29 is 18.0 Å². The highest BCUT2D eigenvalue weighted by atomic mass is 32.2. The fourth-order valence-corrected chi connectivity index (χ4v) is 3.49. The highest BCUT2D eigenvalue weighted by molar-refractivity contribution is 7.90. The second-order valence-corrected chi connectivity index (χ2v) is 8.35. The lowest BCUT2D eigenvalue weighted by atomic mass is 10.0. The van der Waals surface area contributed by atoms with Gasteiger partial charge in [0.1, 0.15) is 6.04 Å². The molecule has 1 fully saturated rings. The number of carbonyl (C=O) groups is 2. The molecule has 0 spiro atoms. The summed E-state index contributed by atoms with van der Waals surface area (Å²) < 4.78 is 23.0. The number of nitrogens with one attached hydrogen (secondary N) is 2. The molecule has 0 bridgehead atoms. The van der Waals surface area contributed by atoms with Crippen LogP contribution in [0.3, 0.4) is 0 Å². The maximum Gasteiger partial charge on any atom is 0.251 e. The molecular formula is C19H20N2O4S. The Hall–Kier alpha value is -2.67. The van der Waals surface area contributed by atoms with Crippen LogP contribution in [0.1, 0.15) is 23.2 Å². The Kier molecular flexibility index (Phi) is 5.08. The molecule has 1 aliphatic heterocycles. The smallest absolute Gasteiger partial charge is 0.251 e. The van der Waals surface area contributed by atoms with Crippen molar-refractivity contribution in [2.45, 2.75) is 23.8 Å². The molecule has 0 aromatic heterocycles. The molecule has 2 N–H and O–H groups in total. The van der Waals surface area contributed by atoms with Crippen LogP contribution in [0.5, 0.6) is 0 Å². The van der Waals surface area contributed by atoms with Gasteiger partial charge in [-0.25, -0.2) is 8.42 Å². The maximum absolute atomic E-state index is 12.3. The van der Waals surface area contributed by atoms with E-state index in [4.69, 9.17) is 0 Å². The van der Waals surface area contributed by atoms with E-state index in [-0.39, 0.29) is 16.7 Å². The second-order valence-electron chi connectivity index (χ2n) is 6.33. The van der Waals surface area contributed by atoms with Crippen molar-refractivity contribution in [3.63, 3.8) is 0 Å². The Labute approximate surface area is 152 Å². The highest BCUT2D eigenvalue weighted by Crippen LogP contribution is 2.22. The highest BCUT2D eigenvalue weighted by Gasteiger charge is 2.23. The van der Waals surface area contributed by atoms with Gasteiger partial charge in [0.05, 0.1) is 4.90 Å². The van der Waals surface area contributed by atoms with E-state index in [9.17, 15) is 18.0 Å². The van der Waals surface area contributed by atoms with Crippen molar-refractivity contribution in [2.75, 3.05) is 12.8 Å². The van der Waals surface area contributed by atoms with Crippen LogP contribution < -0.4 is 10.6 Å². The van der Waals surface area contributed by atoms with Crippen molar-refractivity contribution >= 4 is 21.7 Å². The van der Waals surface area contributed by atoms with Crippen LogP contribution in [-0.2, 0) is 14.6 Å². The van der Waals surface area contributed by atoms with Crippen molar-refractivity contribution in [1.29, 1.82) is 0 Å². The second kappa shape index (κ2) is 7.29. The SMILES string of the molecule is CS(=O)(=O)c1ccc(-c2ccc(C(=O)N[C@H]3CCCNC3=O)cc2)cc1. The fraction of sp³-hybridized carbons (Fsp3) is 0.263. The molecule has 0 unspecified atom stereocenters. The monoisotopic (exact) mass is 372 g/mol. The maximum atomic E-state index is 12.3. The number of rotatable bonds is 4. The average molecular weight is 372 g/mol. The normalized spacial score (nSPS) is 17.4. The molecule has 0 radical (unpaired) electrons. The third kappa shape index (κ3) is 4.11. The van der Waals surface area contributed by atoms with Gasteiger partial charge in [-0.3, -0.25) is 9.59 Å². The largest absolute Gasteiger partial charge is 0.354 e. The first-order valence-electron chi connectivity index (χ1n) is 8.34. The van der Waals surface area contributed by atoms with Crippen molar-refractivity contribution in [2.24, 2.45) is 0 Å². The predicted octanol–water partition coefficient (Wildman–Crippen LogP) is 1.77. The van der Waals surface area contributed by atoms with Crippen LogP contribution in [0.2, 0.25) is 0 Å². The molecule has 136 valence electrons. The van der Waals surface area contributed by atoms with Crippen LogP contribution in [0.4, 0.5) is 0 Å². The minimum Gasteiger partial charge on any atom is -0.354 e. The Balaban J connectivity index is 1.71. The van der Waals surface area contributed by atoms with Gasteiger partial charge in [0.15, 0.2) is 9.84 Å². The lowest BCUT2D eigenvalue weighted by Gasteiger charge is -2.22. The van der Waals surface area contributed by atoms with Crippen LogP contribution >= 0.6 is 0 Å². The van der Waals surface area contributed by atoms with Gasteiger partial charge in [-0.1, -0.05) is 24.3 Å². The number of sulfone groups is 1. The van der Waals surface area contributed by atoms with E-state index in [2.05, 4.69) is 10.6 Å². The molecule has 1 aliphatic rings. The first kappa shape index (κ1) is 18.1. The summed E-state index contributed by atoms with van der Waals surface area (Å²) in [6, 6.07) is 13.1. The third-order valence-electron chi connectivity index (χ3n) is 4.35. The summed E-state index contributed by atoms with van der Waals surface area (Å²) in [7, 11) is -3.22. The van der Waals surface area contributed by atoms with Gasteiger partial charge in [-0.15, -0.1) is 0 Å². The summed E-state index contributed by atoms with van der Waals surface area (Å²) in [6.45, 7) is 0.651. The quantitative estimate of drug-likeness (QED) is 0.855. The van der Waals surface area contributed by atoms with Crippen LogP contribution in [-0.4, -0.2) is 39.1 Å². The van der Waals surface area contributed by atoms with Gasteiger partial charge in [-0.2, -0.15) is 0 Å². The van der Waals surface area contributed by atoms with E-state index in [1.807, 2.05) is 0 Å². The number of carbonyl (C=O) groups excluding carboxylic acids is 2. The summed E-state index contributed by atoms with van der Waals surface area (Å²) in [4.78, 5) is 24.3. The van der Waals surface area contributed by atoms with Crippen LogP contribution in [0, 0.1) is 0 Å². The minimum absolute atomic E-state index is 0.146. The van der Waals surface area contributed by atoms with Gasteiger partial charge in [0.25, 0.3) is 5.91 Å². The lowest BCUT2D eigenvalue weighted by molar-refractivity contribution is -0.124. The molecule has 1 atom stereocenters. The van der Waals surface area contributed by atoms with E-state index >= 15 is 0 Å². The number of amides is 2. The van der Waals surface area contributed by atoms with Gasteiger partial charge >= 0.3 is 0 Å². The van der Waals surface area contributed by atoms with E-state index in [1.54, 1.807) is 48.5 Å². The zero-order valence-corrected chi connectivity index (χ0v) is 15.2. The Morgan fingerprint density at radius 1 is 1.04 bits per heavy atom. The summed E-state index contributed by atoms with van der Waals surface area (Å²) in [5, 5.41) is 5.49. The lowest BCUT2D eigenvalue weighted by Crippen LogP contribution is -2.50. The zero-order valence-electron chi connectivity index (χ0n) is 14.4. The fourth-order valence-electron chi connectivity index (χ4n) is 2.86. The summed E-state index contributed by atoms with van der Waals surface area (Å²) in [5.41, 5.74) is 2.20. The number of hydrogen-bond acceptors (Lipinski definition) is 4. The molecule has 0 aliphatic carbocycles. The molecule has 2 amide bonds. The molecule has 2 aromatic rings. The topological polar surface area (TPSA) is 92.3 Å². The minimum atomic E-state index is -3.22. The standard InChI is InChI=1S/C19H20N2O4S/c1-26(24,25)16-10-8-14(9-11-16)13-4-6-15(7-5-13)18(22)21-17-3-2-12-20-19(17)23/h4-11,17H,2-3,12H2,1H3,(H,20,23)(H,21,22)/t17-/m0/s1. The van der Waals surface area contributed by atoms with Crippen molar-refractivity contribution in [1.82, 2.24) is 10.6 Å². The molecule has 1 heterocycles. The molecular weight excluding hydrogens is 352 g/mol. The Morgan fingerprint density at radius 3 is 2.15 bits per heavy atom. The average Bonchev–Trinajstić information content (AvgIpc) is 2.63. The van der Waals surface area contributed by atoms with Crippen molar-refractivity contribution in [3.05, 3.63) is 54.1 Å². The van der Waals surface area contributed by atoms with E-state index in [1.165, 1.54) is 6.26 Å². The van der Waals surface area contributed by atoms with Gasteiger partial charge < -0.3 is 10.6 Å². The number of piperidine rings is 1. The molecule has 6 nitrogen and oxygen atoms in total. The summed E-state index contributed by atoms with van der Waals surface area (Å²) >= 11 is 0. The third-order valence-corrected chi connectivity index (χ3v) is 5.48. The molecule has 1 saturated heterocycles. The van der Waals surface area contributed by atoms with Gasteiger partial charge in [-0.05, 0) is 48.2 Å². The molecule has 2 aromatic carbocycles. The Morgan fingerprint density at radius 2 is 1.62 bits per heavy atom. The number of hydrogen-bond donors (Lipinski definition) is 2. The van der Waals surface area contributed by atoms with Gasteiger partial charge in [0, 0.05) is 18.4 Å². The zero-order chi connectivity index (χ0) is 18.7. The molecule has 3 rings (SSSR count). The van der Waals surface area contributed by atoms with Crippen LogP contribution in [0.25, 0.3) is 11.1 Å². The van der Waals surface area contributed by atoms with Crippen LogP contribution in [0.15, 0.2) is 53.4 Å². The van der Waals surface area contributed by atoms with Gasteiger partial charge in [0.2, 0.25) is 5.91 Å². The summed E-state index contributed by atoms with van der Waals surface area (Å²) in [6.07, 6.45) is 2.66. The van der Waals surface area contributed by atoms with E-state index in [0.717, 1.165) is 17.5 Å². The Bertz CT molecular complexity index is 919. The predicted molar refractivity (Wildman–Crippen MR) is 98.5 cm³/mol. The van der Waals surface area contributed by atoms with E-state index in [0.29, 0.717) is 18.5 Å². The number of benzene rings is 2. The summed E-state index contributed by atoms with van der Waals surface area (Å²) in [5.74, 6) is -0.432.